The fourth-order valence-electron chi connectivity index (χ4n) is 10.9. The third-order valence-electron chi connectivity index (χ3n) is 16.4. The summed E-state index contributed by atoms with van der Waals surface area (Å²) in [5, 5.41) is 23.3. The van der Waals surface area contributed by atoms with Crippen LogP contribution in [0.2, 0.25) is 0 Å². The van der Waals surface area contributed by atoms with Crippen molar-refractivity contribution >= 4 is 5.91 Å². The Hall–Kier alpha value is -3.47. The smallest absolute Gasteiger partial charge is 0.220 e. The van der Waals surface area contributed by atoms with Gasteiger partial charge in [0, 0.05) is 6.42 Å². The minimum Gasteiger partial charge on any atom is -0.394 e. The van der Waals surface area contributed by atoms with Crippen molar-refractivity contribution in [3.05, 3.63) is 134 Å². The molecule has 0 aliphatic rings. The van der Waals surface area contributed by atoms with Gasteiger partial charge in [0.1, 0.15) is 0 Å². The van der Waals surface area contributed by atoms with Gasteiger partial charge in [0.25, 0.3) is 0 Å². The van der Waals surface area contributed by atoms with E-state index < -0.39 is 12.1 Å². The highest BCUT2D eigenvalue weighted by molar-refractivity contribution is 5.76. The first kappa shape index (κ1) is 81.5. The lowest BCUT2D eigenvalue weighted by Gasteiger charge is -2.20. The largest absolute Gasteiger partial charge is 0.394 e. The van der Waals surface area contributed by atoms with Crippen LogP contribution in [-0.2, 0) is 4.79 Å². The Morgan fingerprint density at radius 3 is 0.776 bits per heavy atom. The van der Waals surface area contributed by atoms with Crippen molar-refractivity contribution in [3.8, 4) is 0 Å². The van der Waals surface area contributed by atoms with Crippen LogP contribution in [0.1, 0.15) is 354 Å². The SMILES string of the molecule is CC/C=C\C/C=C\C/C=C\C/C=C\C/C=C\C/C=C\C/C=C\C/C=C\C/C=C\C/C=C\CCCCCCCCCCCCC(=O)NC(CO)C(O)/C=C/CCCCCCCCCCCCCCCCCCCCCCCCCCCCCCCC. The molecule has 0 saturated heterocycles. The van der Waals surface area contributed by atoms with E-state index >= 15 is 0 Å². The van der Waals surface area contributed by atoms with E-state index in [0.717, 1.165) is 89.9 Å². The zero-order valence-electron chi connectivity index (χ0n) is 56.3. The van der Waals surface area contributed by atoms with Crippen molar-refractivity contribution in [3.63, 3.8) is 0 Å². The second-order valence-corrected chi connectivity index (χ2v) is 24.6. The summed E-state index contributed by atoms with van der Waals surface area (Å²) in [5.74, 6) is -0.0694. The summed E-state index contributed by atoms with van der Waals surface area (Å²) >= 11 is 0. The Bertz CT molecular complexity index is 1670. The average molecular weight is 1180 g/mol. The van der Waals surface area contributed by atoms with Crippen molar-refractivity contribution < 1.29 is 15.0 Å². The molecule has 0 rings (SSSR count). The lowest BCUT2D eigenvalue weighted by atomic mass is 10.0. The first-order valence-corrected chi connectivity index (χ1v) is 36.9. The van der Waals surface area contributed by atoms with Crippen LogP contribution < -0.4 is 5.32 Å². The lowest BCUT2D eigenvalue weighted by Crippen LogP contribution is -2.45. The topological polar surface area (TPSA) is 69.6 Å². The van der Waals surface area contributed by atoms with Crippen LogP contribution in [0, 0.1) is 0 Å². The zero-order chi connectivity index (χ0) is 61.2. The predicted octanol–water partition coefficient (Wildman–Crippen LogP) is 25.7. The molecule has 0 radical (unpaired) electrons. The molecule has 0 bridgehead atoms. The van der Waals surface area contributed by atoms with Crippen LogP contribution in [0.3, 0.4) is 0 Å². The Morgan fingerprint density at radius 2 is 0.518 bits per heavy atom. The Labute approximate surface area is 530 Å². The number of nitrogens with one attached hydrogen (secondary N) is 1. The number of aliphatic hydroxyl groups excluding tert-OH is 2. The summed E-state index contributed by atoms with van der Waals surface area (Å²) < 4.78 is 0. The van der Waals surface area contributed by atoms with Crippen LogP contribution in [0.25, 0.3) is 0 Å². The van der Waals surface area contributed by atoms with Crippen LogP contribution in [-0.4, -0.2) is 34.9 Å². The molecule has 85 heavy (non-hydrogen) atoms. The van der Waals surface area contributed by atoms with E-state index in [-0.39, 0.29) is 12.5 Å². The normalized spacial score (nSPS) is 13.5. The van der Waals surface area contributed by atoms with Gasteiger partial charge < -0.3 is 15.5 Å². The maximum atomic E-state index is 12.6. The van der Waals surface area contributed by atoms with E-state index in [1.54, 1.807) is 6.08 Å². The monoisotopic (exact) mass is 1180 g/mol. The fraction of sp³-hybridized carbons (Fsp3) is 0.716. The van der Waals surface area contributed by atoms with E-state index in [4.69, 9.17) is 0 Å². The van der Waals surface area contributed by atoms with E-state index in [1.807, 2.05) is 6.08 Å². The molecule has 488 valence electrons. The number of carbonyl (C=O) groups is 1. The van der Waals surface area contributed by atoms with Crippen LogP contribution in [0.5, 0.6) is 0 Å². The molecule has 4 heteroatoms. The lowest BCUT2D eigenvalue weighted by molar-refractivity contribution is -0.123. The van der Waals surface area contributed by atoms with Crippen molar-refractivity contribution in [1.29, 1.82) is 0 Å². The van der Waals surface area contributed by atoms with Gasteiger partial charge in [-0.1, -0.05) is 385 Å². The molecule has 0 aromatic rings. The van der Waals surface area contributed by atoms with Crippen molar-refractivity contribution in [2.75, 3.05) is 6.61 Å². The Balaban J connectivity index is 3.54. The number of rotatable bonds is 67. The molecule has 0 saturated carbocycles. The van der Waals surface area contributed by atoms with E-state index in [9.17, 15) is 15.0 Å². The highest BCUT2D eigenvalue weighted by Crippen LogP contribution is 2.18. The summed E-state index contributed by atoms with van der Waals surface area (Å²) in [6.07, 6.45) is 115. The molecular formula is C81H141NO3. The Kier molecular flexibility index (Phi) is 71.7. The molecule has 2 atom stereocenters. The number of hydrogen-bond donors (Lipinski definition) is 3. The molecule has 0 heterocycles. The molecule has 0 spiro atoms. The molecule has 2 unspecified atom stereocenters. The van der Waals surface area contributed by atoms with Crippen molar-refractivity contribution in [2.45, 2.75) is 366 Å². The summed E-state index contributed by atoms with van der Waals surface area (Å²) in [6.45, 7) is 4.22. The van der Waals surface area contributed by atoms with Gasteiger partial charge in [-0.25, -0.2) is 0 Å². The second kappa shape index (κ2) is 74.8. The van der Waals surface area contributed by atoms with Crippen LogP contribution in [0.15, 0.2) is 134 Å². The second-order valence-electron chi connectivity index (χ2n) is 24.6. The van der Waals surface area contributed by atoms with Crippen LogP contribution in [0.4, 0.5) is 0 Å². The highest BCUT2D eigenvalue weighted by Gasteiger charge is 2.18. The molecule has 0 aliphatic carbocycles. The van der Waals surface area contributed by atoms with Gasteiger partial charge in [-0.15, -0.1) is 0 Å². The van der Waals surface area contributed by atoms with Gasteiger partial charge in [-0.2, -0.15) is 0 Å². The summed E-state index contributed by atoms with van der Waals surface area (Å²) in [4.78, 5) is 12.6. The molecule has 0 aliphatic heterocycles. The van der Waals surface area contributed by atoms with E-state index in [0.29, 0.717) is 6.42 Å². The number of carbonyl (C=O) groups excluding carboxylic acids is 1. The first-order chi connectivity index (χ1) is 42.2. The maximum Gasteiger partial charge on any atom is 0.220 e. The minimum atomic E-state index is -0.852. The summed E-state index contributed by atoms with van der Waals surface area (Å²) in [5.41, 5.74) is 0. The quantitative estimate of drug-likeness (QED) is 0.0420. The molecule has 4 nitrogen and oxygen atoms in total. The number of allylic oxidation sites excluding steroid dienone is 21. The predicted molar refractivity (Wildman–Crippen MR) is 382 cm³/mol. The number of hydrogen-bond acceptors (Lipinski definition) is 3. The molecule has 0 aromatic heterocycles. The average Bonchev–Trinajstić information content (AvgIpc) is 3.51. The van der Waals surface area contributed by atoms with E-state index in [1.165, 1.54) is 244 Å². The zero-order valence-corrected chi connectivity index (χ0v) is 56.3. The molecule has 1 amide bonds. The van der Waals surface area contributed by atoms with Gasteiger partial charge in [-0.05, 0) is 96.3 Å². The summed E-state index contributed by atoms with van der Waals surface area (Å²) in [7, 11) is 0. The van der Waals surface area contributed by atoms with Gasteiger partial charge in [-0.3, -0.25) is 4.79 Å². The molecule has 0 fully saturated rings. The van der Waals surface area contributed by atoms with Crippen molar-refractivity contribution in [1.82, 2.24) is 5.32 Å². The van der Waals surface area contributed by atoms with Gasteiger partial charge in [0.05, 0.1) is 18.8 Å². The molecular weight excluding hydrogens is 1030 g/mol. The maximum absolute atomic E-state index is 12.6. The highest BCUT2D eigenvalue weighted by atomic mass is 16.3. The van der Waals surface area contributed by atoms with Gasteiger partial charge in [0.2, 0.25) is 5.91 Å². The van der Waals surface area contributed by atoms with Crippen molar-refractivity contribution in [2.24, 2.45) is 0 Å². The third-order valence-corrected chi connectivity index (χ3v) is 16.4. The fourth-order valence-corrected chi connectivity index (χ4v) is 10.9. The Morgan fingerprint density at radius 1 is 0.294 bits per heavy atom. The first-order valence-electron chi connectivity index (χ1n) is 36.9. The standard InChI is InChI=1S/C81H141NO3/c1-3-5-7-9-11-13-15-17-19-21-23-25-27-29-31-33-35-37-38-39-40-41-42-43-44-45-47-49-51-53-55-57-59-61-63-65-67-69-71-73-75-77-81(85)82-79(78-83)80(84)76-74-72-70-68-66-64-62-60-58-56-54-52-50-48-46-36-34-32-30-28-26-24-22-20-18-16-14-12-10-8-6-4-2/h5,7,11,13,17,19,23,25,29,31,35,37,39-40,42-43,45,47,51,53,74,76,79-80,83-84H,3-4,6,8-10,12,14-16,18,20-22,24,26-28,30,32-34,36,38,41,44,46,48-50,52,54-73,75,77-78H2,1-2H3,(H,82,85)/b7-5-,13-11-,19-17-,25-23-,31-29-,37-35-,40-39-,43-42-,47-45-,53-51-,76-74+. The number of unbranched alkanes of at least 4 members (excludes halogenated alkanes) is 40. The third kappa shape index (κ3) is 71.2. The molecule has 3 N–H and O–H groups in total. The minimum absolute atomic E-state index is 0.0694. The number of amides is 1. The van der Waals surface area contributed by atoms with E-state index in [2.05, 4.69) is 141 Å². The van der Waals surface area contributed by atoms with Gasteiger partial charge >= 0.3 is 0 Å². The van der Waals surface area contributed by atoms with Crippen LogP contribution >= 0.6 is 0 Å². The summed E-state index contributed by atoms with van der Waals surface area (Å²) in [6, 6.07) is -0.635. The van der Waals surface area contributed by atoms with Gasteiger partial charge in [0.15, 0.2) is 0 Å². The number of aliphatic hydroxyl groups is 2. The molecule has 0 aromatic carbocycles.